The summed E-state index contributed by atoms with van der Waals surface area (Å²) in [5.41, 5.74) is 4.69. The molecule has 0 radical (unpaired) electrons. The molecule has 0 aliphatic carbocycles. The van der Waals surface area contributed by atoms with E-state index in [0.717, 1.165) is 26.7 Å². The highest BCUT2D eigenvalue weighted by Crippen LogP contribution is 2.41. The highest BCUT2D eigenvalue weighted by molar-refractivity contribution is 7.99. The zero-order valence-corrected chi connectivity index (χ0v) is 19.8. The first-order chi connectivity index (χ1) is 14.3. The molecule has 4 nitrogen and oxygen atoms in total. The number of rotatable bonds is 7. The molecule has 0 atom stereocenters. The first-order valence-electron chi connectivity index (χ1n) is 9.75. The molecule has 30 heavy (non-hydrogen) atoms. The Morgan fingerprint density at radius 3 is 2.37 bits per heavy atom. The van der Waals surface area contributed by atoms with E-state index in [2.05, 4.69) is 35.6 Å². The van der Waals surface area contributed by atoms with Crippen molar-refractivity contribution in [2.24, 2.45) is 0 Å². The minimum absolute atomic E-state index is 0.0400. The Morgan fingerprint density at radius 1 is 1.17 bits per heavy atom. The van der Waals surface area contributed by atoms with Crippen LogP contribution in [0.15, 0.2) is 52.6 Å². The third-order valence-electron chi connectivity index (χ3n) is 4.87. The molecule has 158 valence electrons. The lowest BCUT2D eigenvalue weighted by Gasteiger charge is -2.15. The fraction of sp³-hybridized carbons (Fsp3) is 0.304. The van der Waals surface area contributed by atoms with Crippen LogP contribution in [0.25, 0.3) is 0 Å². The summed E-state index contributed by atoms with van der Waals surface area (Å²) in [6, 6.07) is 9.63. The molecule has 7 heteroatoms. The number of benzene rings is 1. The maximum atomic E-state index is 11.6. The molecule has 3 aromatic rings. The maximum absolute atomic E-state index is 11.6. The zero-order chi connectivity index (χ0) is 21.8. The Hall–Kier alpha value is -1.95. The van der Waals surface area contributed by atoms with Crippen molar-refractivity contribution < 1.29 is 4.79 Å². The Bertz CT molecular complexity index is 1030. The highest BCUT2D eigenvalue weighted by atomic mass is 35.5. The van der Waals surface area contributed by atoms with Gasteiger partial charge in [0.15, 0.2) is 0 Å². The second kappa shape index (κ2) is 9.90. The number of halogens is 2. The van der Waals surface area contributed by atoms with Gasteiger partial charge in [-0.05, 0) is 59.9 Å². The average Bonchev–Trinajstić information content (AvgIpc) is 2.92. The van der Waals surface area contributed by atoms with E-state index < -0.39 is 0 Å². The summed E-state index contributed by atoms with van der Waals surface area (Å²) in [6.07, 6.45) is 3.61. The molecule has 1 amide bonds. The van der Waals surface area contributed by atoms with Gasteiger partial charge in [-0.15, -0.1) is 0 Å². The van der Waals surface area contributed by atoms with Gasteiger partial charge in [0.1, 0.15) is 0 Å². The second-order valence-corrected chi connectivity index (χ2v) is 9.43. The van der Waals surface area contributed by atoms with Crippen LogP contribution in [0.2, 0.25) is 10.0 Å². The van der Waals surface area contributed by atoms with Gasteiger partial charge < -0.3 is 9.88 Å². The maximum Gasteiger partial charge on any atom is 0.217 e. The minimum atomic E-state index is -0.0400. The van der Waals surface area contributed by atoms with Crippen LogP contribution in [0.3, 0.4) is 0 Å². The van der Waals surface area contributed by atoms with Gasteiger partial charge in [-0.25, -0.2) is 0 Å². The van der Waals surface area contributed by atoms with Gasteiger partial charge in [0, 0.05) is 53.0 Å². The summed E-state index contributed by atoms with van der Waals surface area (Å²) in [4.78, 5) is 16.7. The summed E-state index contributed by atoms with van der Waals surface area (Å²) < 4.78 is 2.31. The van der Waals surface area contributed by atoms with Crippen LogP contribution in [0.5, 0.6) is 0 Å². The van der Waals surface area contributed by atoms with E-state index in [1.807, 2.05) is 24.3 Å². The van der Waals surface area contributed by atoms with E-state index in [-0.39, 0.29) is 11.8 Å². The fourth-order valence-electron chi connectivity index (χ4n) is 3.49. The number of carbonyl (C=O) groups is 1. The van der Waals surface area contributed by atoms with Crippen molar-refractivity contribution in [2.45, 2.75) is 56.6 Å². The number of hydrogen-bond donors (Lipinski definition) is 1. The van der Waals surface area contributed by atoms with Gasteiger partial charge in [-0.1, -0.05) is 48.8 Å². The van der Waals surface area contributed by atoms with Gasteiger partial charge in [-0.2, -0.15) is 0 Å². The second-order valence-electron chi connectivity index (χ2n) is 7.50. The molecule has 0 aliphatic heterocycles. The van der Waals surface area contributed by atoms with Crippen molar-refractivity contribution >= 4 is 40.9 Å². The highest BCUT2D eigenvalue weighted by Gasteiger charge is 2.23. The van der Waals surface area contributed by atoms with Gasteiger partial charge >= 0.3 is 0 Å². The summed E-state index contributed by atoms with van der Waals surface area (Å²) in [6.45, 7) is 9.23. The van der Waals surface area contributed by atoms with Crippen LogP contribution >= 0.6 is 35.0 Å². The molecule has 0 fully saturated rings. The van der Waals surface area contributed by atoms with Crippen LogP contribution in [0.4, 0.5) is 0 Å². The Balaban J connectivity index is 2.14. The molecule has 0 unspecified atom stereocenters. The van der Waals surface area contributed by atoms with Crippen molar-refractivity contribution in [1.29, 1.82) is 0 Å². The van der Waals surface area contributed by atoms with Crippen molar-refractivity contribution in [2.75, 3.05) is 0 Å². The van der Waals surface area contributed by atoms with E-state index in [1.165, 1.54) is 5.56 Å². The lowest BCUT2D eigenvalue weighted by molar-refractivity contribution is -0.119. The van der Waals surface area contributed by atoms with E-state index >= 15 is 0 Å². The summed E-state index contributed by atoms with van der Waals surface area (Å²) in [5.74, 6) is 0.241. The number of aromatic nitrogens is 2. The third kappa shape index (κ3) is 5.39. The van der Waals surface area contributed by atoms with Crippen LogP contribution in [-0.2, 0) is 17.9 Å². The number of carbonyl (C=O) groups excluding carboxylic acids is 1. The monoisotopic (exact) mass is 461 g/mol. The molecule has 0 saturated heterocycles. The van der Waals surface area contributed by atoms with Gasteiger partial charge in [-0.3, -0.25) is 9.78 Å². The normalized spacial score (nSPS) is 11.2. The lowest BCUT2D eigenvalue weighted by Crippen LogP contribution is -2.20. The zero-order valence-electron chi connectivity index (χ0n) is 17.5. The van der Waals surface area contributed by atoms with Crippen LogP contribution < -0.4 is 5.32 Å². The molecular formula is C23H25Cl2N3OS. The van der Waals surface area contributed by atoms with E-state index in [4.69, 9.17) is 23.2 Å². The van der Waals surface area contributed by atoms with Crippen molar-refractivity contribution in [3.05, 3.63) is 75.2 Å². The molecule has 1 aromatic carbocycles. The SMILES string of the molecule is CC(=O)NCc1c(C(C)C)c(Sc2cc(Cl)cc(Cl)c2)n(Cc2ccncc2)c1C. The Labute approximate surface area is 192 Å². The van der Waals surface area contributed by atoms with Gasteiger partial charge in [0.05, 0.1) is 5.03 Å². The molecule has 0 saturated carbocycles. The number of pyridine rings is 1. The number of hydrogen-bond acceptors (Lipinski definition) is 3. The Morgan fingerprint density at radius 2 is 1.80 bits per heavy atom. The number of amides is 1. The summed E-state index contributed by atoms with van der Waals surface area (Å²) in [5, 5.41) is 5.33. The van der Waals surface area contributed by atoms with Crippen molar-refractivity contribution in [3.8, 4) is 0 Å². The summed E-state index contributed by atoms with van der Waals surface area (Å²) >= 11 is 14.2. The first-order valence-corrected chi connectivity index (χ1v) is 11.3. The van der Waals surface area contributed by atoms with Crippen molar-refractivity contribution in [1.82, 2.24) is 14.9 Å². The molecule has 2 heterocycles. The third-order valence-corrected chi connectivity index (χ3v) is 6.42. The van der Waals surface area contributed by atoms with Crippen LogP contribution in [-0.4, -0.2) is 15.5 Å². The first kappa shape index (κ1) is 22.7. The molecule has 0 aliphatic rings. The molecule has 0 bridgehead atoms. The molecular weight excluding hydrogens is 437 g/mol. The molecule has 3 rings (SSSR count). The van der Waals surface area contributed by atoms with Crippen LogP contribution in [0.1, 0.15) is 49.1 Å². The minimum Gasteiger partial charge on any atom is -0.352 e. The number of nitrogens with one attached hydrogen (secondary N) is 1. The number of nitrogens with zero attached hydrogens (tertiary/aromatic N) is 2. The van der Waals surface area contributed by atoms with E-state index in [0.29, 0.717) is 23.1 Å². The quantitative estimate of drug-likeness (QED) is 0.439. The van der Waals surface area contributed by atoms with Crippen LogP contribution in [0, 0.1) is 6.92 Å². The molecule has 2 aromatic heterocycles. The largest absolute Gasteiger partial charge is 0.352 e. The molecule has 0 spiro atoms. The average molecular weight is 462 g/mol. The molecule has 1 N–H and O–H groups in total. The van der Waals surface area contributed by atoms with Crippen molar-refractivity contribution in [3.63, 3.8) is 0 Å². The van der Waals surface area contributed by atoms with E-state index in [9.17, 15) is 4.79 Å². The predicted octanol–water partition coefficient (Wildman–Crippen LogP) is 6.46. The predicted molar refractivity (Wildman–Crippen MR) is 125 cm³/mol. The topological polar surface area (TPSA) is 46.9 Å². The lowest BCUT2D eigenvalue weighted by atomic mass is 10.0. The standard InChI is InChI=1S/C23H25Cl2N3OS/c1-14(2)22-21(12-27-16(4)29)15(3)28(13-17-5-7-26-8-6-17)23(22)30-20-10-18(24)9-19(25)11-20/h5-11,14H,12-13H2,1-4H3,(H,27,29). The van der Waals surface area contributed by atoms with Gasteiger partial charge in [0.2, 0.25) is 5.91 Å². The fourth-order valence-corrected chi connectivity index (χ4v) is 5.52. The Kier molecular flexibility index (Phi) is 7.50. The van der Waals surface area contributed by atoms with E-state index in [1.54, 1.807) is 37.1 Å². The van der Waals surface area contributed by atoms with Gasteiger partial charge in [0.25, 0.3) is 0 Å². The summed E-state index contributed by atoms with van der Waals surface area (Å²) in [7, 11) is 0. The smallest absolute Gasteiger partial charge is 0.217 e.